The van der Waals surface area contributed by atoms with Gasteiger partial charge in [-0.2, -0.15) is 0 Å². The first-order valence-corrected chi connectivity index (χ1v) is 13.5. The molecule has 220 valence electrons. The summed E-state index contributed by atoms with van der Waals surface area (Å²) in [6.45, 7) is 4.20. The zero-order chi connectivity index (χ0) is 30.9. The van der Waals surface area contributed by atoms with Gasteiger partial charge >= 0.3 is 6.09 Å². The second-order valence-electron chi connectivity index (χ2n) is 10.6. The smallest absolute Gasteiger partial charge is 0.408 e. The third kappa shape index (κ3) is 8.56. The number of primary amides is 1. The molecule has 3 aromatic rings. The first-order chi connectivity index (χ1) is 19.9. The number of rotatable bonds is 11. The number of carbonyl (C=O) groups excluding carboxylic acids is 4. The van der Waals surface area contributed by atoms with Gasteiger partial charge in [0.25, 0.3) is 5.91 Å². The van der Waals surface area contributed by atoms with Crippen molar-refractivity contribution in [2.24, 2.45) is 5.73 Å². The second kappa shape index (κ2) is 14.1. The molecule has 0 fully saturated rings. The lowest BCUT2D eigenvalue weighted by atomic mass is 9.97. The van der Waals surface area contributed by atoms with Crippen LogP contribution in [0.15, 0.2) is 66.7 Å². The summed E-state index contributed by atoms with van der Waals surface area (Å²) in [5.41, 5.74) is 5.66. The van der Waals surface area contributed by atoms with Gasteiger partial charge in [-0.25, -0.2) is 4.79 Å². The van der Waals surface area contributed by atoms with Gasteiger partial charge in [-0.3, -0.25) is 14.4 Å². The maximum Gasteiger partial charge on any atom is 0.408 e. The summed E-state index contributed by atoms with van der Waals surface area (Å²) in [5.74, 6) is 0.535. The lowest BCUT2D eigenvalue weighted by Gasteiger charge is -2.34. The first kappa shape index (κ1) is 31.6. The minimum atomic E-state index is -1.31. The number of terminal acetylenes is 1. The Morgan fingerprint density at radius 3 is 2.33 bits per heavy atom. The molecule has 3 aromatic carbocycles. The minimum absolute atomic E-state index is 0.162. The number of aliphatic hydroxyl groups is 1. The van der Waals surface area contributed by atoms with Crippen molar-refractivity contribution < 1.29 is 29.0 Å². The van der Waals surface area contributed by atoms with Crippen LogP contribution in [0, 0.1) is 12.3 Å². The van der Waals surface area contributed by atoms with Crippen LogP contribution in [0.3, 0.4) is 0 Å². The average Bonchev–Trinajstić information content (AvgIpc) is 2.93. The normalized spacial score (nSPS) is 12.5. The van der Waals surface area contributed by atoms with Crippen molar-refractivity contribution in [3.8, 4) is 12.3 Å². The third-order valence-electron chi connectivity index (χ3n) is 6.28. The van der Waals surface area contributed by atoms with Gasteiger partial charge in [-0.1, -0.05) is 54.5 Å². The number of nitrogens with two attached hydrogens (primary N) is 1. The number of anilines is 1. The van der Waals surface area contributed by atoms with Crippen LogP contribution >= 0.6 is 0 Å². The van der Waals surface area contributed by atoms with Gasteiger partial charge < -0.3 is 31.1 Å². The Morgan fingerprint density at radius 2 is 1.69 bits per heavy atom. The first-order valence-electron chi connectivity index (χ1n) is 13.5. The zero-order valence-electron chi connectivity index (χ0n) is 23.9. The number of nitrogens with one attached hydrogen (secondary N) is 2. The topological polar surface area (TPSA) is 151 Å². The molecule has 2 atom stereocenters. The number of nitrogens with zero attached hydrogens (tertiary/aromatic N) is 1. The zero-order valence-corrected chi connectivity index (χ0v) is 23.9. The number of fused-ring (bicyclic) bond motifs is 1. The molecule has 0 heterocycles. The van der Waals surface area contributed by atoms with Crippen LogP contribution in [0.4, 0.5) is 10.5 Å². The maximum absolute atomic E-state index is 14.1. The Labute approximate surface area is 245 Å². The predicted octanol–water partition coefficient (Wildman–Crippen LogP) is 3.48. The summed E-state index contributed by atoms with van der Waals surface area (Å²) in [4.78, 5) is 53.4. The Morgan fingerprint density at radius 1 is 1.02 bits per heavy atom. The summed E-state index contributed by atoms with van der Waals surface area (Å²) in [6, 6.07) is 17.1. The molecule has 0 aromatic heterocycles. The van der Waals surface area contributed by atoms with E-state index in [1.165, 1.54) is 0 Å². The van der Waals surface area contributed by atoms with Gasteiger partial charge in [-0.05, 0) is 61.7 Å². The van der Waals surface area contributed by atoms with E-state index in [0.717, 1.165) is 15.7 Å². The summed E-state index contributed by atoms with van der Waals surface area (Å²) in [6.07, 6.45) is 4.48. The molecule has 0 radical (unpaired) electrons. The highest BCUT2D eigenvalue weighted by Crippen LogP contribution is 2.28. The van der Waals surface area contributed by atoms with Crippen molar-refractivity contribution in [2.75, 3.05) is 18.5 Å². The van der Waals surface area contributed by atoms with Crippen LogP contribution < -0.4 is 16.4 Å². The van der Waals surface area contributed by atoms with Gasteiger partial charge in [0.05, 0.1) is 6.61 Å². The van der Waals surface area contributed by atoms with E-state index in [-0.39, 0.29) is 19.4 Å². The Kier molecular flexibility index (Phi) is 10.7. The fraction of sp³-hybridized carbons (Fsp3) is 0.312. The number of amides is 4. The fourth-order valence-corrected chi connectivity index (χ4v) is 4.46. The number of carbonyl (C=O) groups is 4. The molecule has 3 rings (SSSR count). The molecule has 10 heteroatoms. The Hall–Kier alpha value is -4.88. The maximum atomic E-state index is 14.1. The molecule has 0 aliphatic heterocycles. The molecule has 0 aliphatic carbocycles. The summed E-state index contributed by atoms with van der Waals surface area (Å²) in [7, 11) is 0. The minimum Gasteiger partial charge on any atom is -0.444 e. The number of alkyl carbamates (subject to hydrolysis) is 1. The van der Waals surface area contributed by atoms with Crippen molar-refractivity contribution in [2.45, 2.75) is 51.3 Å². The molecule has 2 unspecified atom stereocenters. The summed E-state index contributed by atoms with van der Waals surface area (Å²) >= 11 is 0. The molecule has 0 saturated carbocycles. The van der Waals surface area contributed by atoms with Crippen LogP contribution in [0.5, 0.6) is 0 Å². The summed E-state index contributed by atoms with van der Waals surface area (Å²) < 4.78 is 5.32. The molecular weight excluding hydrogens is 536 g/mol. The third-order valence-corrected chi connectivity index (χ3v) is 6.28. The molecule has 0 spiro atoms. The lowest BCUT2D eigenvalue weighted by molar-refractivity contribution is -0.141. The van der Waals surface area contributed by atoms with Gasteiger partial charge in [0.15, 0.2) is 0 Å². The van der Waals surface area contributed by atoms with Crippen LogP contribution in [0.25, 0.3) is 10.8 Å². The van der Waals surface area contributed by atoms with E-state index in [1.807, 2.05) is 30.3 Å². The van der Waals surface area contributed by atoms with E-state index in [9.17, 15) is 24.3 Å². The van der Waals surface area contributed by atoms with Gasteiger partial charge in [-0.15, -0.1) is 6.42 Å². The number of hydrogen-bond donors (Lipinski definition) is 4. The lowest BCUT2D eigenvalue weighted by Crippen LogP contribution is -2.53. The van der Waals surface area contributed by atoms with E-state index in [0.29, 0.717) is 16.8 Å². The SMILES string of the molecule is C#Cc1ccccc1C(C(=O)Nc1ccc2ccccc2c1)N(CCO)C(=O)C(CCC(N)=O)NC(=O)OC(C)(C)C. The number of benzene rings is 3. The number of aliphatic hydroxyl groups excluding tert-OH is 1. The molecule has 4 amide bonds. The fourth-order valence-electron chi connectivity index (χ4n) is 4.46. The van der Waals surface area contributed by atoms with Crippen LogP contribution in [0.1, 0.15) is 50.8 Å². The van der Waals surface area contributed by atoms with Crippen molar-refractivity contribution in [1.82, 2.24) is 10.2 Å². The van der Waals surface area contributed by atoms with Crippen LogP contribution in [-0.2, 0) is 19.1 Å². The average molecular weight is 573 g/mol. The van der Waals surface area contributed by atoms with Crippen molar-refractivity contribution in [1.29, 1.82) is 0 Å². The molecule has 42 heavy (non-hydrogen) atoms. The van der Waals surface area contributed by atoms with E-state index in [4.69, 9.17) is 16.9 Å². The van der Waals surface area contributed by atoms with Crippen molar-refractivity contribution >= 4 is 40.3 Å². The molecule has 5 N–H and O–H groups in total. The molecule has 0 bridgehead atoms. The predicted molar refractivity (Wildman–Crippen MR) is 160 cm³/mol. The molecule has 0 saturated heterocycles. The van der Waals surface area contributed by atoms with E-state index in [2.05, 4.69) is 16.6 Å². The van der Waals surface area contributed by atoms with Crippen molar-refractivity contribution in [3.05, 3.63) is 77.9 Å². The highest BCUT2D eigenvalue weighted by molar-refractivity contribution is 6.00. The van der Waals surface area contributed by atoms with Crippen LogP contribution in [-0.4, -0.2) is 58.6 Å². The van der Waals surface area contributed by atoms with Crippen LogP contribution in [0.2, 0.25) is 0 Å². The van der Waals surface area contributed by atoms with E-state index in [1.54, 1.807) is 57.2 Å². The number of ether oxygens (including phenoxy) is 1. The van der Waals surface area contributed by atoms with Gasteiger partial charge in [0, 0.05) is 24.2 Å². The monoisotopic (exact) mass is 572 g/mol. The molecule has 10 nitrogen and oxygen atoms in total. The Bertz CT molecular complexity index is 1490. The van der Waals surface area contributed by atoms with Crippen molar-refractivity contribution in [3.63, 3.8) is 0 Å². The molecular formula is C32H36N4O6. The molecule has 0 aliphatic rings. The van der Waals surface area contributed by atoms with Gasteiger partial charge in [0.2, 0.25) is 11.8 Å². The second-order valence-corrected chi connectivity index (χ2v) is 10.6. The van der Waals surface area contributed by atoms with E-state index >= 15 is 0 Å². The Balaban J connectivity index is 2.05. The largest absolute Gasteiger partial charge is 0.444 e. The van der Waals surface area contributed by atoms with E-state index < -0.39 is 48.1 Å². The summed E-state index contributed by atoms with van der Waals surface area (Å²) in [5, 5.41) is 17.2. The van der Waals surface area contributed by atoms with Gasteiger partial charge in [0.1, 0.15) is 17.7 Å². The highest BCUT2D eigenvalue weighted by atomic mass is 16.6. The standard InChI is InChI=1S/C32H36N4O6/c1-5-21-10-8-9-13-25(21)28(29(39)34-24-15-14-22-11-6-7-12-23(22)20-24)36(18-19-37)30(40)26(16-17-27(33)38)35-31(41)42-32(2,3)4/h1,6-15,20,26,28,37H,16-19H2,2-4H3,(H2,33,38)(H,34,39)(H,35,41). The highest BCUT2D eigenvalue weighted by Gasteiger charge is 2.37. The number of hydrogen-bond acceptors (Lipinski definition) is 6. The quantitative estimate of drug-likeness (QED) is 0.258.